The van der Waals surface area contributed by atoms with Crippen molar-refractivity contribution in [3.8, 4) is 0 Å². The number of carbonyl (C=O) groups is 3. The standard InChI is InChI=1S/C23H27N3O3/c1-14(18-9-8-17-6-4-5-7-19(17)10-18)24-23(29)20-11-21(25-15(2)27)13-22(12-20)26-16(3)28/h8-14H,4-7H2,1-3H3,(H,24,29)(H,25,27)(H,26,28). The van der Waals surface area contributed by atoms with Gasteiger partial charge in [-0.05, 0) is 67.5 Å². The Morgan fingerprint density at radius 1 is 0.828 bits per heavy atom. The van der Waals surface area contributed by atoms with Gasteiger partial charge in [-0.2, -0.15) is 0 Å². The number of nitrogens with one attached hydrogen (secondary N) is 3. The van der Waals surface area contributed by atoms with E-state index in [1.165, 1.54) is 37.8 Å². The summed E-state index contributed by atoms with van der Waals surface area (Å²) in [6.07, 6.45) is 4.65. The number of rotatable bonds is 5. The van der Waals surface area contributed by atoms with Crippen LogP contribution in [0.25, 0.3) is 0 Å². The second-order valence-corrected chi connectivity index (χ2v) is 7.59. The van der Waals surface area contributed by atoms with Crippen LogP contribution in [-0.2, 0) is 22.4 Å². The molecule has 1 aliphatic rings. The van der Waals surface area contributed by atoms with Crippen molar-refractivity contribution in [1.29, 1.82) is 0 Å². The predicted octanol–water partition coefficient (Wildman–Crippen LogP) is 3.97. The predicted molar refractivity (Wildman–Crippen MR) is 114 cm³/mol. The van der Waals surface area contributed by atoms with Crippen LogP contribution in [0.5, 0.6) is 0 Å². The molecule has 0 spiro atoms. The summed E-state index contributed by atoms with van der Waals surface area (Å²) in [6.45, 7) is 4.74. The first kappa shape index (κ1) is 20.6. The number of amides is 3. The lowest BCUT2D eigenvalue weighted by Gasteiger charge is -2.20. The Kier molecular flexibility index (Phi) is 6.32. The zero-order chi connectivity index (χ0) is 21.0. The largest absolute Gasteiger partial charge is 0.346 e. The van der Waals surface area contributed by atoms with E-state index < -0.39 is 0 Å². The van der Waals surface area contributed by atoms with Gasteiger partial charge in [-0.15, -0.1) is 0 Å². The first-order chi connectivity index (χ1) is 13.8. The maximum Gasteiger partial charge on any atom is 0.251 e. The Bertz CT molecular complexity index is 918. The zero-order valence-electron chi connectivity index (χ0n) is 17.1. The van der Waals surface area contributed by atoms with Crippen LogP contribution in [0.4, 0.5) is 11.4 Å². The molecule has 2 aromatic carbocycles. The van der Waals surface area contributed by atoms with E-state index in [0.29, 0.717) is 16.9 Å². The number of benzene rings is 2. The topological polar surface area (TPSA) is 87.3 Å². The molecule has 1 atom stereocenters. The van der Waals surface area contributed by atoms with Crippen molar-refractivity contribution in [2.24, 2.45) is 0 Å². The summed E-state index contributed by atoms with van der Waals surface area (Å²) in [7, 11) is 0. The van der Waals surface area contributed by atoms with Gasteiger partial charge in [0.05, 0.1) is 6.04 Å². The molecule has 29 heavy (non-hydrogen) atoms. The molecule has 0 radical (unpaired) electrons. The molecule has 0 heterocycles. The molecule has 6 nitrogen and oxygen atoms in total. The molecule has 0 bridgehead atoms. The first-order valence-corrected chi connectivity index (χ1v) is 9.94. The third-order valence-electron chi connectivity index (χ3n) is 5.06. The minimum absolute atomic E-state index is 0.164. The Labute approximate surface area is 171 Å². The number of hydrogen-bond donors (Lipinski definition) is 3. The molecular formula is C23H27N3O3. The highest BCUT2D eigenvalue weighted by Gasteiger charge is 2.16. The summed E-state index contributed by atoms with van der Waals surface area (Å²) in [5.41, 5.74) is 5.12. The van der Waals surface area contributed by atoms with Crippen molar-refractivity contribution >= 4 is 29.1 Å². The van der Waals surface area contributed by atoms with Gasteiger partial charge in [0.15, 0.2) is 0 Å². The normalized spacial score (nSPS) is 13.8. The fraction of sp³-hybridized carbons (Fsp3) is 0.348. The molecule has 1 unspecified atom stereocenters. The van der Waals surface area contributed by atoms with Crippen LogP contribution in [0.3, 0.4) is 0 Å². The van der Waals surface area contributed by atoms with E-state index in [-0.39, 0.29) is 23.8 Å². The van der Waals surface area contributed by atoms with Gasteiger partial charge in [0.2, 0.25) is 11.8 Å². The van der Waals surface area contributed by atoms with Crippen LogP contribution in [0.15, 0.2) is 36.4 Å². The quantitative estimate of drug-likeness (QED) is 0.718. The third kappa shape index (κ3) is 5.44. The maximum atomic E-state index is 12.9. The van der Waals surface area contributed by atoms with Gasteiger partial charge in [0.1, 0.15) is 0 Å². The number of carbonyl (C=O) groups excluding carboxylic acids is 3. The number of anilines is 2. The Morgan fingerprint density at radius 3 is 2.00 bits per heavy atom. The van der Waals surface area contributed by atoms with Crippen molar-refractivity contribution in [3.63, 3.8) is 0 Å². The van der Waals surface area contributed by atoms with E-state index in [2.05, 4.69) is 34.1 Å². The van der Waals surface area contributed by atoms with Crippen LogP contribution in [-0.4, -0.2) is 17.7 Å². The summed E-state index contributed by atoms with van der Waals surface area (Å²) in [4.78, 5) is 35.7. The monoisotopic (exact) mass is 393 g/mol. The van der Waals surface area contributed by atoms with E-state index in [4.69, 9.17) is 0 Å². The van der Waals surface area contributed by atoms with Crippen LogP contribution in [0.1, 0.15) is 66.7 Å². The van der Waals surface area contributed by atoms with E-state index in [9.17, 15) is 14.4 Å². The molecule has 0 aliphatic heterocycles. The fourth-order valence-corrected chi connectivity index (χ4v) is 3.70. The van der Waals surface area contributed by atoms with E-state index in [1.807, 2.05) is 6.92 Å². The highest BCUT2D eigenvalue weighted by Crippen LogP contribution is 2.25. The molecular weight excluding hydrogens is 366 g/mol. The second kappa shape index (κ2) is 8.90. The smallest absolute Gasteiger partial charge is 0.251 e. The number of aryl methyl sites for hydroxylation is 2. The molecule has 3 amide bonds. The lowest BCUT2D eigenvalue weighted by Crippen LogP contribution is -2.27. The average Bonchev–Trinajstić information content (AvgIpc) is 2.66. The average molecular weight is 393 g/mol. The summed E-state index contributed by atoms with van der Waals surface area (Å²) < 4.78 is 0. The van der Waals surface area contributed by atoms with Crippen molar-refractivity contribution in [3.05, 3.63) is 58.7 Å². The van der Waals surface area contributed by atoms with Gasteiger partial charge < -0.3 is 16.0 Å². The van der Waals surface area contributed by atoms with Crippen LogP contribution < -0.4 is 16.0 Å². The lowest BCUT2D eigenvalue weighted by molar-refractivity contribution is -0.115. The summed E-state index contributed by atoms with van der Waals surface area (Å²) >= 11 is 0. The SMILES string of the molecule is CC(=O)Nc1cc(NC(C)=O)cc(C(=O)NC(C)c2ccc3c(c2)CCCC3)c1. The van der Waals surface area contributed by atoms with E-state index >= 15 is 0 Å². The highest BCUT2D eigenvalue weighted by molar-refractivity contribution is 6.00. The summed E-state index contributed by atoms with van der Waals surface area (Å²) in [5, 5.41) is 8.34. The summed E-state index contributed by atoms with van der Waals surface area (Å²) in [6, 6.07) is 11.1. The molecule has 3 rings (SSSR count). The van der Waals surface area contributed by atoms with E-state index in [1.54, 1.807) is 18.2 Å². The molecule has 0 saturated carbocycles. The highest BCUT2D eigenvalue weighted by atomic mass is 16.2. The third-order valence-corrected chi connectivity index (χ3v) is 5.06. The Morgan fingerprint density at radius 2 is 1.41 bits per heavy atom. The molecule has 0 fully saturated rings. The van der Waals surface area contributed by atoms with Gasteiger partial charge >= 0.3 is 0 Å². The van der Waals surface area contributed by atoms with Gasteiger partial charge in [-0.1, -0.05) is 18.2 Å². The minimum Gasteiger partial charge on any atom is -0.346 e. The Hall–Kier alpha value is -3.15. The van der Waals surface area contributed by atoms with Gasteiger partial charge in [0, 0.05) is 30.8 Å². The van der Waals surface area contributed by atoms with Crippen molar-refractivity contribution in [1.82, 2.24) is 5.32 Å². The van der Waals surface area contributed by atoms with Crippen molar-refractivity contribution < 1.29 is 14.4 Å². The van der Waals surface area contributed by atoms with Crippen LogP contribution in [0, 0.1) is 0 Å². The van der Waals surface area contributed by atoms with Crippen molar-refractivity contribution in [2.75, 3.05) is 10.6 Å². The van der Waals surface area contributed by atoms with Crippen LogP contribution in [0.2, 0.25) is 0 Å². The number of hydrogen-bond acceptors (Lipinski definition) is 3. The zero-order valence-corrected chi connectivity index (χ0v) is 17.1. The minimum atomic E-state index is -0.269. The summed E-state index contributed by atoms with van der Waals surface area (Å²) in [5.74, 6) is -0.772. The van der Waals surface area contributed by atoms with Gasteiger partial charge in [0.25, 0.3) is 5.91 Å². The molecule has 0 saturated heterocycles. The molecule has 6 heteroatoms. The molecule has 152 valence electrons. The second-order valence-electron chi connectivity index (χ2n) is 7.59. The molecule has 2 aromatic rings. The van der Waals surface area contributed by atoms with Crippen LogP contribution >= 0.6 is 0 Å². The van der Waals surface area contributed by atoms with Gasteiger partial charge in [-0.3, -0.25) is 14.4 Å². The molecule has 0 aromatic heterocycles. The van der Waals surface area contributed by atoms with Crippen molar-refractivity contribution in [2.45, 2.75) is 52.5 Å². The van der Waals surface area contributed by atoms with Gasteiger partial charge in [-0.25, -0.2) is 0 Å². The lowest BCUT2D eigenvalue weighted by atomic mass is 9.89. The molecule has 1 aliphatic carbocycles. The van der Waals surface area contributed by atoms with E-state index in [0.717, 1.165) is 18.4 Å². The number of fused-ring (bicyclic) bond motifs is 1. The molecule has 3 N–H and O–H groups in total. The fourth-order valence-electron chi connectivity index (χ4n) is 3.70. The maximum absolute atomic E-state index is 12.9. The first-order valence-electron chi connectivity index (χ1n) is 9.94. The Balaban J connectivity index is 1.79.